The van der Waals surface area contributed by atoms with Crippen LogP contribution in [0, 0.1) is 0 Å². The number of hydrogen-bond acceptors (Lipinski definition) is 3. The highest BCUT2D eigenvalue weighted by Gasteiger charge is 2.03. The quantitative estimate of drug-likeness (QED) is 0.797. The van der Waals surface area contributed by atoms with Crippen molar-refractivity contribution < 1.29 is 0 Å². The SMILES string of the molecule is Brc1ccsc1CNCc1cn2ccccc2n1. The van der Waals surface area contributed by atoms with E-state index in [4.69, 9.17) is 0 Å². The van der Waals surface area contributed by atoms with Crippen LogP contribution >= 0.6 is 27.3 Å². The van der Waals surface area contributed by atoms with Crippen LogP contribution in [0.4, 0.5) is 0 Å². The molecule has 18 heavy (non-hydrogen) atoms. The van der Waals surface area contributed by atoms with Crippen molar-refractivity contribution in [3.63, 3.8) is 0 Å². The normalized spacial score (nSPS) is 11.2. The Morgan fingerprint density at radius 1 is 1.28 bits per heavy atom. The lowest BCUT2D eigenvalue weighted by Gasteiger charge is -2.00. The molecule has 0 spiro atoms. The third kappa shape index (κ3) is 2.48. The van der Waals surface area contributed by atoms with E-state index < -0.39 is 0 Å². The van der Waals surface area contributed by atoms with E-state index in [-0.39, 0.29) is 0 Å². The summed E-state index contributed by atoms with van der Waals surface area (Å²) in [4.78, 5) is 5.86. The molecule has 0 amide bonds. The fourth-order valence-corrected chi connectivity index (χ4v) is 3.29. The molecule has 0 saturated heterocycles. The van der Waals surface area contributed by atoms with Gasteiger partial charge in [0.05, 0.1) is 5.69 Å². The minimum atomic E-state index is 0.784. The Morgan fingerprint density at radius 2 is 2.22 bits per heavy atom. The van der Waals surface area contributed by atoms with E-state index in [1.807, 2.05) is 28.8 Å². The van der Waals surface area contributed by atoms with E-state index in [2.05, 4.69) is 43.9 Å². The topological polar surface area (TPSA) is 29.3 Å². The van der Waals surface area contributed by atoms with Gasteiger partial charge in [-0.25, -0.2) is 4.98 Å². The fraction of sp³-hybridized carbons (Fsp3) is 0.154. The Kier molecular flexibility index (Phi) is 3.45. The van der Waals surface area contributed by atoms with Gasteiger partial charge < -0.3 is 9.72 Å². The second kappa shape index (κ2) is 5.22. The third-order valence-corrected chi connectivity index (χ3v) is 4.62. The Morgan fingerprint density at radius 3 is 3.00 bits per heavy atom. The van der Waals surface area contributed by atoms with Crippen molar-refractivity contribution in [2.45, 2.75) is 13.1 Å². The zero-order chi connectivity index (χ0) is 12.4. The molecule has 3 rings (SSSR count). The number of nitrogens with one attached hydrogen (secondary N) is 1. The maximum absolute atomic E-state index is 4.55. The Hall–Kier alpha value is -1.17. The average Bonchev–Trinajstić information content (AvgIpc) is 2.96. The number of aromatic nitrogens is 2. The number of nitrogens with zero attached hydrogens (tertiary/aromatic N) is 2. The summed E-state index contributed by atoms with van der Waals surface area (Å²) in [5.74, 6) is 0. The lowest BCUT2D eigenvalue weighted by molar-refractivity contribution is 0.688. The molecule has 0 saturated carbocycles. The molecule has 0 atom stereocenters. The summed E-state index contributed by atoms with van der Waals surface area (Å²) >= 11 is 5.29. The van der Waals surface area contributed by atoms with Gasteiger partial charge in [0.1, 0.15) is 5.65 Å². The molecule has 0 aliphatic carbocycles. The van der Waals surface area contributed by atoms with Crippen molar-refractivity contribution >= 4 is 32.9 Å². The van der Waals surface area contributed by atoms with Gasteiger partial charge in [-0.2, -0.15) is 0 Å². The van der Waals surface area contributed by atoms with Crippen LogP contribution in [0.2, 0.25) is 0 Å². The summed E-state index contributed by atoms with van der Waals surface area (Å²) in [6.07, 6.45) is 4.08. The number of hydrogen-bond donors (Lipinski definition) is 1. The van der Waals surface area contributed by atoms with Gasteiger partial charge in [-0.15, -0.1) is 11.3 Å². The van der Waals surface area contributed by atoms with Crippen LogP contribution in [0.5, 0.6) is 0 Å². The lowest BCUT2D eigenvalue weighted by atomic mass is 10.4. The van der Waals surface area contributed by atoms with Crippen LogP contribution in [0.25, 0.3) is 5.65 Å². The maximum Gasteiger partial charge on any atom is 0.137 e. The van der Waals surface area contributed by atoms with Gasteiger partial charge in [0.2, 0.25) is 0 Å². The van der Waals surface area contributed by atoms with E-state index in [0.29, 0.717) is 0 Å². The molecule has 5 heteroatoms. The molecular weight excluding hydrogens is 310 g/mol. The van der Waals surface area contributed by atoms with Crippen molar-refractivity contribution in [1.29, 1.82) is 0 Å². The number of rotatable bonds is 4. The molecule has 0 fully saturated rings. The third-order valence-electron chi connectivity index (χ3n) is 2.70. The molecule has 3 aromatic rings. The molecule has 3 aromatic heterocycles. The summed E-state index contributed by atoms with van der Waals surface area (Å²) in [6.45, 7) is 1.65. The van der Waals surface area contributed by atoms with Crippen LogP contribution in [0.1, 0.15) is 10.6 Å². The molecule has 0 unspecified atom stereocenters. The zero-order valence-electron chi connectivity index (χ0n) is 9.64. The molecule has 0 bridgehead atoms. The number of pyridine rings is 1. The van der Waals surface area contributed by atoms with E-state index in [0.717, 1.165) is 24.4 Å². The molecule has 3 heterocycles. The van der Waals surface area contributed by atoms with E-state index in [1.54, 1.807) is 11.3 Å². The van der Waals surface area contributed by atoms with Crippen LogP contribution < -0.4 is 5.32 Å². The Balaban J connectivity index is 1.65. The highest BCUT2D eigenvalue weighted by Crippen LogP contribution is 2.22. The maximum atomic E-state index is 4.55. The Bertz CT molecular complexity index is 626. The summed E-state index contributed by atoms with van der Waals surface area (Å²) in [6, 6.07) is 8.10. The minimum Gasteiger partial charge on any atom is -0.307 e. The monoisotopic (exact) mass is 321 g/mol. The summed E-state index contributed by atoms with van der Waals surface area (Å²) in [7, 11) is 0. The first-order chi connectivity index (χ1) is 8.83. The second-order valence-electron chi connectivity index (χ2n) is 3.99. The molecule has 0 aliphatic rings. The van der Waals surface area contributed by atoms with Crippen LogP contribution in [0.3, 0.4) is 0 Å². The molecular formula is C13H12BrN3S. The van der Waals surface area contributed by atoms with Gasteiger partial charge in [-0.3, -0.25) is 0 Å². The number of imidazole rings is 1. The molecule has 0 radical (unpaired) electrons. The van der Waals surface area contributed by atoms with Crippen molar-refractivity contribution in [3.05, 3.63) is 57.1 Å². The predicted octanol–water partition coefficient (Wildman–Crippen LogP) is 3.45. The van der Waals surface area contributed by atoms with Crippen molar-refractivity contribution in [3.8, 4) is 0 Å². The van der Waals surface area contributed by atoms with Crippen molar-refractivity contribution in [2.24, 2.45) is 0 Å². The fourth-order valence-electron chi connectivity index (χ4n) is 1.83. The largest absolute Gasteiger partial charge is 0.307 e. The highest BCUT2D eigenvalue weighted by molar-refractivity contribution is 9.10. The van der Waals surface area contributed by atoms with E-state index in [1.165, 1.54) is 9.35 Å². The number of fused-ring (bicyclic) bond motifs is 1. The summed E-state index contributed by atoms with van der Waals surface area (Å²) < 4.78 is 3.22. The van der Waals surface area contributed by atoms with Gasteiger partial charge in [0, 0.05) is 34.8 Å². The van der Waals surface area contributed by atoms with E-state index in [9.17, 15) is 0 Å². The first-order valence-corrected chi connectivity index (χ1v) is 7.35. The van der Waals surface area contributed by atoms with Gasteiger partial charge in [0.25, 0.3) is 0 Å². The second-order valence-corrected chi connectivity index (χ2v) is 5.85. The molecule has 0 aromatic carbocycles. The molecule has 3 nitrogen and oxygen atoms in total. The average molecular weight is 322 g/mol. The van der Waals surface area contributed by atoms with Crippen LogP contribution in [-0.4, -0.2) is 9.38 Å². The van der Waals surface area contributed by atoms with Gasteiger partial charge in [0.15, 0.2) is 0 Å². The highest BCUT2D eigenvalue weighted by atomic mass is 79.9. The van der Waals surface area contributed by atoms with Crippen LogP contribution in [0.15, 0.2) is 46.5 Å². The first kappa shape index (κ1) is 11.9. The van der Waals surface area contributed by atoms with Crippen molar-refractivity contribution in [2.75, 3.05) is 0 Å². The first-order valence-electron chi connectivity index (χ1n) is 5.68. The summed E-state index contributed by atoms with van der Waals surface area (Å²) in [5, 5.41) is 5.50. The lowest BCUT2D eigenvalue weighted by Crippen LogP contribution is -2.12. The van der Waals surface area contributed by atoms with Gasteiger partial charge >= 0.3 is 0 Å². The molecule has 0 aliphatic heterocycles. The van der Waals surface area contributed by atoms with Gasteiger partial charge in [-0.1, -0.05) is 6.07 Å². The van der Waals surface area contributed by atoms with E-state index >= 15 is 0 Å². The standard InChI is InChI=1S/C13H12BrN3S/c14-11-4-6-18-12(11)8-15-7-10-9-17-5-2-1-3-13(17)16-10/h1-6,9,15H,7-8H2. The number of halogens is 1. The molecule has 1 N–H and O–H groups in total. The van der Waals surface area contributed by atoms with Crippen LogP contribution in [-0.2, 0) is 13.1 Å². The van der Waals surface area contributed by atoms with Gasteiger partial charge in [-0.05, 0) is 39.5 Å². The zero-order valence-corrected chi connectivity index (χ0v) is 12.0. The smallest absolute Gasteiger partial charge is 0.137 e. The Labute approximate surface area is 118 Å². The predicted molar refractivity (Wildman–Crippen MR) is 77.8 cm³/mol. The number of thiophene rings is 1. The minimum absolute atomic E-state index is 0.784. The molecule has 92 valence electrons. The van der Waals surface area contributed by atoms with Crippen molar-refractivity contribution in [1.82, 2.24) is 14.7 Å². The summed E-state index contributed by atoms with van der Waals surface area (Å²) in [5.41, 5.74) is 2.06.